The molecule has 2 heterocycles. The highest BCUT2D eigenvalue weighted by Crippen LogP contribution is 2.31. The Morgan fingerprint density at radius 3 is 2.61 bits per heavy atom. The summed E-state index contributed by atoms with van der Waals surface area (Å²) in [4.78, 5) is 19.2. The minimum Gasteiger partial charge on any atom is -0.494 e. The summed E-state index contributed by atoms with van der Waals surface area (Å²) in [7, 11) is 1.68. The molecule has 178 valence electrons. The lowest BCUT2D eigenvalue weighted by Crippen LogP contribution is -2.39. The molecule has 0 spiro atoms. The summed E-state index contributed by atoms with van der Waals surface area (Å²) >= 11 is 0. The summed E-state index contributed by atoms with van der Waals surface area (Å²) in [5.74, 6) is 0.304. The van der Waals surface area contributed by atoms with Crippen molar-refractivity contribution in [3.05, 3.63) is 53.8 Å². The average Bonchev–Trinajstić information content (AvgIpc) is 3.47. The number of halogens is 1. The quantitative estimate of drug-likeness (QED) is 0.505. The van der Waals surface area contributed by atoms with Crippen LogP contribution in [0.2, 0.25) is 0 Å². The van der Waals surface area contributed by atoms with Crippen molar-refractivity contribution in [2.45, 2.75) is 58.0 Å². The maximum atomic E-state index is 15.1. The number of carbonyl (C=O) groups excluding carboxylic acids is 1. The number of ether oxygens (including phenoxy) is 1. The standard InChI is InChI=1S/C27H36FN3O2/c1-4-5-17-33-24-11-8-21(9-12-24)27(32)29(3)22-10-13-26(25(28)18-22)30-16-14-23(19-30)31-15-6-7-20(31)2/h8-13,18,20,23H,4-7,14-17,19H2,1-3H3. The third kappa shape index (κ3) is 5.32. The molecule has 0 aromatic heterocycles. The first-order chi connectivity index (χ1) is 16.0. The highest BCUT2D eigenvalue weighted by atomic mass is 19.1. The van der Waals surface area contributed by atoms with Gasteiger partial charge in [0, 0.05) is 43.5 Å². The summed E-state index contributed by atoms with van der Waals surface area (Å²) in [5.41, 5.74) is 1.72. The predicted molar refractivity (Wildman–Crippen MR) is 132 cm³/mol. The van der Waals surface area contributed by atoms with Crippen LogP contribution in [0.15, 0.2) is 42.5 Å². The second-order valence-corrected chi connectivity index (χ2v) is 9.34. The van der Waals surface area contributed by atoms with Crippen LogP contribution in [0.4, 0.5) is 15.8 Å². The van der Waals surface area contributed by atoms with Crippen LogP contribution in [0.1, 0.15) is 56.3 Å². The van der Waals surface area contributed by atoms with Crippen LogP contribution in [0.3, 0.4) is 0 Å². The first-order valence-corrected chi connectivity index (χ1v) is 12.3. The Balaban J connectivity index is 1.39. The summed E-state index contributed by atoms with van der Waals surface area (Å²) in [6.45, 7) is 7.97. The van der Waals surface area contributed by atoms with E-state index in [0.717, 1.165) is 44.6 Å². The number of amides is 1. The number of anilines is 2. The van der Waals surface area contributed by atoms with Crippen LogP contribution in [-0.2, 0) is 0 Å². The summed E-state index contributed by atoms with van der Waals surface area (Å²) in [6.07, 6.45) is 5.67. The number of carbonyl (C=O) groups is 1. The van der Waals surface area contributed by atoms with Crippen LogP contribution < -0.4 is 14.5 Å². The lowest BCUT2D eigenvalue weighted by atomic mass is 10.1. The van der Waals surface area contributed by atoms with Gasteiger partial charge in [0.1, 0.15) is 11.6 Å². The molecule has 2 aliphatic rings. The van der Waals surface area contributed by atoms with Gasteiger partial charge in [-0.3, -0.25) is 9.69 Å². The van der Waals surface area contributed by atoms with Gasteiger partial charge in [-0.2, -0.15) is 0 Å². The Kier molecular flexibility index (Phi) is 7.53. The topological polar surface area (TPSA) is 36.0 Å². The summed E-state index contributed by atoms with van der Waals surface area (Å²) in [5, 5.41) is 0. The zero-order valence-electron chi connectivity index (χ0n) is 20.1. The Bertz CT molecular complexity index is 949. The lowest BCUT2D eigenvalue weighted by Gasteiger charge is -2.29. The van der Waals surface area contributed by atoms with Gasteiger partial charge < -0.3 is 14.5 Å². The SMILES string of the molecule is CCCCOc1ccc(C(=O)N(C)c2ccc(N3CCC(N4CCCC4C)C3)c(F)c2)cc1. The van der Waals surface area contributed by atoms with Crippen molar-refractivity contribution in [3.63, 3.8) is 0 Å². The van der Waals surface area contributed by atoms with Gasteiger partial charge in [0.25, 0.3) is 5.91 Å². The van der Waals surface area contributed by atoms with Crippen molar-refractivity contribution in [2.75, 3.05) is 43.1 Å². The average molecular weight is 454 g/mol. The minimum atomic E-state index is -0.276. The summed E-state index contributed by atoms with van der Waals surface area (Å²) in [6, 6.07) is 13.4. The number of nitrogens with zero attached hydrogens (tertiary/aromatic N) is 3. The Labute approximate surface area is 197 Å². The molecule has 2 saturated heterocycles. The molecule has 4 rings (SSSR count). The molecule has 2 fully saturated rings. The molecular weight excluding hydrogens is 417 g/mol. The van der Waals surface area contributed by atoms with Gasteiger partial charge >= 0.3 is 0 Å². The molecule has 1 amide bonds. The number of likely N-dealkylation sites (tertiary alicyclic amines) is 1. The van der Waals surface area contributed by atoms with E-state index in [4.69, 9.17) is 4.74 Å². The fraction of sp³-hybridized carbons (Fsp3) is 0.519. The first kappa shape index (κ1) is 23.6. The molecule has 2 aromatic rings. The van der Waals surface area contributed by atoms with Crippen molar-refractivity contribution in [1.29, 1.82) is 0 Å². The number of hydrogen-bond acceptors (Lipinski definition) is 4. The second kappa shape index (κ2) is 10.6. The molecule has 2 aliphatic heterocycles. The van der Waals surface area contributed by atoms with Crippen LogP contribution >= 0.6 is 0 Å². The Morgan fingerprint density at radius 1 is 1.15 bits per heavy atom. The van der Waals surface area contributed by atoms with Crippen molar-refractivity contribution in [2.24, 2.45) is 0 Å². The number of unbranched alkanes of at least 4 members (excludes halogenated alkanes) is 1. The molecule has 0 aliphatic carbocycles. The van der Waals surface area contributed by atoms with Gasteiger partial charge in [0.2, 0.25) is 0 Å². The summed E-state index contributed by atoms with van der Waals surface area (Å²) < 4.78 is 20.8. The maximum Gasteiger partial charge on any atom is 0.258 e. The van der Waals surface area contributed by atoms with E-state index in [1.807, 2.05) is 24.3 Å². The minimum absolute atomic E-state index is 0.175. The molecular formula is C27H36FN3O2. The Morgan fingerprint density at radius 2 is 1.94 bits per heavy atom. The van der Waals surface area contributed by atoms with E-state index in [-0.39, 0.29) is 11.7 Å². The zero-order valence-corrected chi connectivity index (χ0v) is 20.1. The molecule has 0 bridgehead atoms. The van der Waals surface area contributed by atoms with E-state index < -0.39 is 0 Å². The number of hydrogen-bond donors (Lipinski definition) is 0. The largest absolute Gasteiger partial charge is 0.494 e. The van der Waals surface area contributed by atoms with E-state index >= 15 is 4.39 Å². The van der Waals surface area contributed by atoms with Gasteiger partial charge in [0.05, 0.1) is 12.3 Å². The lowest BCUT2D eigenvalue weighted by molar-refractivity contribution is 0.0993. The van der Waals surface area contributed by atoms with Crippen molar-refractivity contribution in [3.8, 4) is 5.75 Å². The van der Waals surface area contributed by atoms with E-state index in [2.05, 4.69) is 23.6 Å². The van der Waals surface area contributed by atoms with Crippen LogP contribution in [0.5, 0.6) is 5.75 Å². The third-order valence-corrected chi connectivity index (χ3v) is 7.07. The van der Waals surface area contributed by atoms with Gasteiger partial charge in [0.15, 0.2) is 0 Å². The van der Waals surface area contributed by atoms with Gasteiger partial charge in [-0.25, -0.2) is 4.39 Å². The van der Waals surface area contributed by atoms with Gasteiger partial charge in [-0.15, -0.1) is 0 Å². The molecule has 2 aromatic carbocycles. The number of rotatable bonds is 8. The molecule has 5 nitrogen and oxygen atoms in total. The molecule has 2 unspecified atom stereocenters. The first-order valence-electron chi connectivity index (χ1n) is 12.3. The number of benzene rings is 2. The third-order valence-electron chi connectivity index (χ3n) is 7.07. The van der Waals surface area contributed by atoms with E-state index in [9.17, 15) is 4.79 Å². The van der Waals surface area contributed by atoms with E-state index in [1.165, 1.54) is 23.8 Å². The normalized spacial score (nSPS) is 20.9. The van der Waals surface area contributed by atoms with Crippen LogP contribution in [0, 0.1) is 5.82 Å². The second-order valence-electron chi connectivity index (χ2n) is 9.34. The molecule has 0 saturated carbocycles. The predicted octanol–water partition coefficient (Wildman–Crippen LogP) is 5.34. The molecule has 6 heteroatoms. The highest BCUT2D eigenvalue weighted by molar-refractivity contribution is 6.05. The fourth-order valence-corrected chi connectivity index (χ4v) is 5.03. The maximum absolute atomic E-state index is 15.1. The highest BCUT2D eigenvalue weighted by Gasteiger charge is 2.33. The molecule has 33 heavy (non-hydrogen) atoms. The van der Waals surface area contributed by atoms with Crippen molar-refractivity contribution < 1.29 is 13.9 Å². The smallest absolute Gasteiger partial charge is 0.258 e. The Hall–Kier alpha value is -2.60. The fourth-order valence-electron chi connectivity index (χ4n) is 5.03. The molecule has 2 atom stereocenters. The van der Waals surface area contributed by atoms with Gasteiger partial charge in [-0.1, -0.05) is 13.3 Å². The van der Waals surface area contributed by atoms with Crippen molar-refractivity contribution in [1.82, 2.24) is 4.90 Å². The molecule has 0 N–H and O–H groups in total. The van der Waals surface area contributed by atoms with E-state index in [0.29, 0.717) is 35.6 Å². The molecule has 0 radical (unpaired) electrons. The zero-order chi connectivity index (χ0) is 23.4. The van der Waals surface area contributed by atoms with Crippen LogP contribution in [-0.4, -0.2) is 56.2 Å². The van der Waals surface area contributed by atoms with Crippen LogP contribution in [0.25, 0.3) is 0 Å². The van der Waals surface area contributed by atoms with Crippen molar-refractivity contribution >= 4 is 17.3 Å². The van der Waals surface area contributed by atoms with E-state index in [1.54, 1.807) is 19.2 Å². The monoisotopic (exact) mass is 453 g/mol. The van der Waals surface area contributed by atoms with Gasteiger partial charge in [-0.05, 0) is 81.6 Å².